The van der Waals surface area contributed by atoms with Gasteiger partial charge >= 0.3 is 11.9 Å². The average molecular weight is 286 g/mol. The lowest BCUT2D eigenvalue weighted by Crippen LogP contribution is -2.27. The number of methoxy groups -OCH3 is 3. The summed E-state index contributed by atoms with van der Waals surface area (Å²) < 4.78 is 19.9. The largest absolute Gasteiger partial charge is 0.469 e. The van der Waals surface area contributed by atoms with Crippen molar-refractivity contribution >= 4 is 17.7 Å². The van der Waals surface area contributed by atoms with Gasteiger partial charge < -0.3 is 18.9 Å². The first-order valence-electron chi connectivity index (χ1n) is 6.00. The monoisotopic (exact) mass is 286 g/mol. The average Bonchev–Trinajstić information content (AvgIpc) is 2.67. The summed E-state index contributed by atoms with van der Waals surface area (Å²) in [5.74, 6) is -1.36. The molecule has 0 aromatic heterocycles. The van der Waals surface area contributed by atoms with Gasteiger partial charge in [-0.1, -0.05) is 0 Å². The Morgan fingerprint density at radius 3 is 2.30 bits per heavy atom. The molecule has 0 aromatic carbocycles. The Morgan fingerprint density at radius 2 is 1.85 bits per heavy atom. The van der Waals surface area contributed by atoms with E-state index in [1.165, 1.54) is 28.3 Å². The summed E-state index contributed by atoms with van der Waals surface area (Å²) in [5.41, 5.74) is 0.581. The molecular formula is C13H18O7. The van der Waals surface area contributed by atoms with Crippen molar-refractivity contribution in [2.45, 2.75) is 32.2 Å². The molecule has 0 amide bonds. The fourth-order valence-corrected chi connectivity index (χ4v) is 2.12. The SMILES string of the molecule is COC(=O)CC1=C(C(OC)OC)[C@H](OC(C)=O)CC1=O. The number of carbonyl (C=O) groups excluding carboxylic acids is 3. The molecule has 1 aliphatic rings. The van der Waals surface area contributed by atoms with Crippen molar-refractivity contribution in [2.75, 3.05) is 21.3 Å². The van der Waals surface area contributed by atoms with E-state index in [1.54, 1.807) is 0 Å². The molecule has 0 radical (unpaired) electrons. The fraction of sp³-hybridized carbons (Fsp3) is 0.615. The van der Waals surface area contributed by atoms with E-state index in [9.17, 15) is 14.4 Å². The van der Waals surface area contributed by atoms with Gasteiger partial charge in [0.2, 0.25) is 0 Å². The lowest BCUT2D eigenvalue weighted by Gasteiger charge is -2.21. The normalized spacial score (nSPS) is 18.6. The summed E-state index contributed by atoms with van der Waals surface area (Å²) >= 11 is 0. The van der Waals surface area contributed by atoms with E-state index in [-0.39, 0.29) is 24.2 Å². The van der Waals surface area contributed by atoms with E-state index >= 15 is 0 Å². The quantitative estimate of drug-likeness (QED) is 0.515. The molecule has 0 saturated heterocycles. The molecule has 7 nitrogen and oxygen atoms in total. The van der Waals surface area contributed by atoms with Crippen molar-refractivity contribution in [1.29, 1.82) is 0 Å². The number of hydrogen-bond donors (Lipinski definition) is 0. The second kappa shape index (κ2) is 7.16. The topological polar surface area (TPSA) is 88.1 Å². The summed E-state index contributed by atoms with van der Waals surface area (Å²) in [4.78, 5) is 34.5. The van der Waals surface area contributed by atoms with Crippen LogP contribution in [0.1, 0.15) is 19.8 Å². The molecule has 112 valence electrons. The molecule has 1 atom stereocenters. The zero-order valence-corrected chi connectivity index (χ0v) is 11.9. The minimum Gasteiger partial charge on any atom is -0.469 e. The highest BCUT2D eigenvalue weighted by Crippen LogP contribution is 2.32. The van der Waals surface area contributed by atoms with Crippen LogP contribution in [0.15, 0.2) is 11.1 Å². The van der Waals surface area contributed by atoms with Crippen LogP contribution in [0, 0.1) is 0 Å². The Hall–Kier alpha value is -1.73. The van der Waals surface area contributed by atoms with Crippen molar-refractivity contribution in [2.24, 2.45) is 0 Å². The summed E-state index contributed by atoms with van der Waals surface area (Å²) in [6.07, 6.45) is -1.86. The van der Waals surface area contributed by atoms with Gasteiger partial charge in [0.15, 0.2) is 12.1 Å². The Labute approximate surface area is 116 Å². The van der Waals surface area contributed by atoms with Gasteiger partial charge in [0.1, 0.15) is 6.10 Å². The van der Waals surface area contributed by atoms with Gasteiger partial charge in [-0.2, -0.15) is 0 Å². The molecule has 20 heavy (non-hydrogen) atoms. The molecule has 0 saturated carbocycles. The third-order valence-electron chi connectivity index (χ3n) is 2.94. The highest BCUT2D eigenvalue weighted by molar-refractivity contribution is 6.03. The maximum absolute atomic E-state index is 12.0. The van der Waals surface area contributed by atoms with E-state index in [2.05, 4.69) is 4.74 Å². The molecule has 0 aliphatic heterocycles. The van der Waals surface area contributed by atoms with E-state index in [0.29, 0.717) is 5.57 Å². The Kier molecular flexibility index (Phi) is 5.84. The van der Waals surface area contributed by atoms with Crippen LogP contribution < -0.4 is 0 Å². The Balaban J connectivity index is 3.15. The molecule has 0 heterocycles. The van der Waals surface area contributed by atoms with Crippen LogP contribution in [-0.4, -0.2) is 51.4 Å². The van der Waals surface area contributed by atoms with Crippen LogP contribution >= 0.6 is 0 Å². The number of Topliss-reactive ketones (excluding diaryl/α,β-unsaturated/α-hetero) is 1. The van der Waals surface area contributed by atoms with Crippen molar-refractivity contribution in [3.63, 3.8) is 0 Å². The van der Waals surface area contributed by atoms with Crippen LogP contribution in [0.2, 0.25) is 0 Å². The fourth-order valence-electron chi connectivity index (χ4n) is 2.12. The predicted octanol–water partition coefficient (Wildman–Crippen LogP) is 0.369. The van der Waals surface area contributed by atoms with E-state index in [1.807, 2.05) is 0 Å². The molecule has 0 N–H and O–H groups in total. The van der Waals surface area contributed by atoms with Gasteiger partial charge in [0.05, 0.1) is 20.0 Å². The van der Waals surface area contributed by atoms with Crippen LogP contribution in [0.4, 0.5) is 0 Å². The van der Waals surface area contributed by atoms with Gasteiger partial charge in [-0.3, -0.25) is 14.4 Å². The maximum atomic E-state index is 12.0. The molecule has 1 aliphatic carbocycles. The van der Waals surface area contributed by atoms with Crippen molar-refractivity contribution in [3.8, 4) is 0 Å². The summed E-state index contributed by atoms with van der Waals surface area (Å²) in [6, 6.07) is 0. The molecule has 0 fully saturated rings. The lowest BCUT2D eigenvalue weighted by molar-refractivity contribution is -0.147. The standard InChI is InChI=1S/C13H18O7/c1-7(14)20-10-6-9(15)8(5-11(16)17-2)12(10)13(18-3)19-4/h10,13H,5-6H2,1-4H3/t10-/m1/s1. The van der Waals surface area contributed by atoms with Gasteiger partial charge in [-0.05, 0) is 0 Å². The number of hydrogen-bond acceptors (Lipinski definition) is 7. The van der Waals surface area contributed by atoms with Crippen molar-refractivity contribution < 1.29 is 33.3 Å². The smallest absolute Gasteiger partial charge is 0.310 e. The van der Waals surface area contributed by atoms with Crippen LogP contribution in [-0.2, 0) is 33.3 Å². The van der Waals surface area contributed by atoms with Gasteiger partial charge in [0, 0.05) is 32.3 Å². The lowest BCUT2D eigenvalue weighted by atomic mass is 10.1. The van der Waals surface area contributed by atoms with Crippen LogP contribution in [0.25, 0.3) is 0 Å². The first kappa shape index (κ1) is 16.3. The molecular weight excluding hydrogens is 268 g/mol. The maximum Gasteiger partial charge on any atom is 0.310 e. The number of ketones is 1. The third kappa shape index (κ3) is 3.64. The Bertz CT molecular complexity index is 434. The second-order valence-corrected chi connectivity index (χ2v) is 4.22. The molecule has 0 aromatic rings. The summed E-state index contributed by atoms with van der Waals surface area (Å²) in [6.45, 7) is 1.25. The minimum absolute atomic E-state index is 0.0234. The first-order chi connectivity index (χ1) is 9.44. The van der Waals surface area contributed by atoms with E-state index in [4.69, 9.17) is 14.2 Å². The number of carbonyl (C=O) groups is 3. The Morgan fingerprint density at radius 1 is 1.25 bits per heavy atom. The van der Waals surface area contributed by atoms with Gasteiger partial charge in [0.25, 0.3) is 0 Å². The first-order valence-corrected chi connectivity index (χ1v) is 6.00. The highest BCUT2D eigenvalue weighted by atomic mass is 16.7. The molecule has 0 unspecified atom stereocenters. The number of ether oxygens (including phenoxy) is 4. The zero-order chi connectivity index (χ0) is 15.3. The summed E-state index contributed by atoms with van der Waals surface area (Å²) in [7, 11) is 4.02. The van der Waals surface area contributed by atoms with E-state index in [0.717, 1.165) is 0 Å². The predicted molar refractivity (Wildman–Crippen MR) is 66.6 cm³/mol. The molecule has 1 rings (SSSR count). The summed E-state index contributed by atoms with van der Waals surface area (Å²) in [5, 5.41) is 0. The van der Waals surface area contributed by atoms with Crippen LogP contribution in [0.3, 0.4) is 0 Å². The second-order valence-electron chi connectivity index (χ2n) is 4.22. The molecule has 7 heteroatoms. The minimum atomic E-state index is -0.856. The van der Waals surface area contributed by atoms with Gasteiger partial charge in [-0.15, -0.1) is 0 Å². The number of esters is 2. The third-order valence-corrected chi connectivity index (χ3v) is 2.94. The molecule has 0 spiro atoms. The van der Waals surface area contributed by atoms with Gasteiger partial charge in [-0.25, -0.2) is 0 Å². The van der Waals surface area contributed by atoms with Crippen LogP contribution in [0.5, 0.6) is 0 Å². The van der Waals surface area contributed by atoms with Crippen molar-refractivity contribution in [1.82, 2.24) is 0 Å². The van der Waals surface area contributed by atoms with E-state index < -0.39 is 24.3 Å². The van der Waals surface area contributed by atoms with Crippen molar-refractivity contribution in [3.05, 3.63) is 11.1 Å². The molecule has 0 bridgehead atoms. The number of rotatable bonds is 6. The highest BCUT2D eigenvalue weighted by Gasteiger charge is 2.39. The zero-order valence-electron chi connectivity index (χ0n) is 11.9.